The first-order valence-electron chi connectivity index (χ1n) is 3.56. The van der Waals surface area contributed by atoms with Gasteiger partial charge in [-0.05, 0) is 18.9 Å². The molecule has 0 unspecified atom stereocenters. The smallest absolute Gasteiger partial charge is 0.0386 e. The molecule has 0 aliphatic heterocycles. The van der Waals surface area contributed by atoms with Gasteiger partial charge in [0.05, 0.1) is 0 Å². The summed E-state index contributed by atoms with van der Waals surface area (Å²) >= 11 is 0. The lowest BCUT2D eigenvalue weighted by Gasteiger charge is -1.80. The topological polar surface area (TPSA) is 12.4 Å². The Balaban J connectivity index is 3.13. The molecule has 0 saturated carbocycles. The Morgan fingerprint density at radius 3 is 2.67 bits per heavy atom. The first kappa shape index (κ1) is 8.41. The van der Waals surface area contributed by atoms with E-state index in [1.54, 1.807) is 0 Å². The molecule has 0 N–H and O–H groups in total. The molecule has 0 aliphatic carbocycles. The molecule has 0 spiro atoms. The van der Waals surface area contributed by atoms with Crippen LogP contribution in [0.1, 0.15) is 26.7 Å². The van der Waals surface area contributed by atoms with E-state index in [-0.39, 0.29) is 0 Å². The van der Waals surface area contributed by atoms with Crippen LogP contribution in [-0.2, 0) is 0 Å². The first-order valence-corrected chi connectivity index (χ1v) is 3.56. The van der Waals surface area contributed by atoms with Gasteiger partial charge in [0.15, 0.2) is 0 Å². The summed E-state index contributed by atoms with van der Waals surface area (Å²) in [4.78, 5) is 4.12. The molecule has 0 bridgehead atoms. The van der Waals surface area contributed by atoms with Crippen molar-refractivity contribution in [3.63, 3.8) is 0 Å². The summed E-state index contributed by atoms with van der Waals surface area (Å²) in [6.07, 6.45) is 8.19. The minimum atomic E-state index is 0.952. The standard InChI is InChI=1S/C8H15N/c1-3-5-6-8-9-7-4-2/h5-6,8H,3-4,7H2,1-2H3/b6-5-,9-8?. The maximum absolute atomic E-state index is 4.12. The number of aliphatic imine (C=N–C) groups is 1. The van der Waals surface area contributed by atoms with Crippen molar-refractivity contribution in [3.05, 3.63) is 12.2 Å². The summed E-state index contributed by atoms with van der Waals surface area (Å²) < 4.78 is 0. The second-order valence-corrected chi connectivity index (χ2v) is 1.89. The number of rotatable bonds is 4. The van der Waals surface area contributed by atoms with E-state index in [2.05, 4.69) is 24.9 Å². The van der Waals surface area contributed by atoms with Gasteiger partial charge in [0.2, 0.25) is 0 Å². The Labute approximate surface area is 57.5 Å². The molecule has 0 fully saturated rings. The van der Waals surface area contributed by atoms with Crippen LogP contribution in [0.15, 0.2) is 17.1 Å². The SMILES string of the molecule is CC/C=C\C=NCCC. The van der Waals surface area contributed by atoms with Gasteiger partial charge in [-0.2, -0.15) is 0 Å². The fraction of sp³-hybridized carbons (Fsp3) is 0.625. The lowest BCUT2D eigenvalue weighted by molar-refractivity contribution is 0.937. The van der Waals surface area contributed by atoms with Gasteiger partial charge in [-0.1, -0.05) is 19.9 Å². The maximum Gasteiger partial charge on any atom is 0.0386 e. The third kappa shape index (κ3) is 7.41. The normalized spacial score (nSPS) is 11.8. The largest absolute Gasteiger partial charge is 0.293 e. The van der Waals surface area contributed by atoms with Crippen molar-refractivity contribution in [2.45, 2.75) is 26.7 Å². The van der Waals surface area contributed by atoms with Gasteiger partial charge in [-0.15, -0.1) is 0 Å². The highest BCUT2D eigenvalue weighted by molar-refractivity contribution is 5.70. The number of hydrogen-bond donors (Lipinski definition) is 0. The molecule has 0 heterocycles. The molecule has 0 rings (SSSR count). The van der Waals surface area contributed by atoms with E-state index in [4.69, 9.17) is 0 Å². The van der Waals surface area contributed by atoms with Crippen LogP contribution >= 0.6 is 0 Å². The zero-order valence-corrected chi connectivity index (χ0v) is 6.30. The quantitative estimate of drug-likeness (QED) is 0.512. The monoisotopic (exact) mass is 125 g/mol. The van der Waals surface area contributed by atoms with Crippen molar-refractivity contribution in [3.8, 4) is 0 Å². The first-order chi connectivity index (χ1) is 4.41. The minimum Gasteiger partial charge on any atom is -0.293 e. The van der Waals surface area contributed by atoms with Crippen LogP contribution in [0, 0.1) is 0 Å². The summed E-state index contributed by atoms with van der Waals surface area (Å²) in [6.45, 7) is 5.19. The fourth-order valence-electron chi connectivity index (χ4n) is 0.461. The van der Waals surface area contributed by atoms with E-state index in [0.717, 1.165) is 19.4 Å². The zero-order valence-electron chi connectivity index (χ0n) is 6.30. The Morgan fingerprint density at radius 2 is 2.11 bits per heavy atom. The van der Waals surface area contributed by atoms with Crippen LogP contribution in [0.2, 0.25) is 0 Å². The van der Waals surface area contributed by atoms with Crippen molar-refractivity contribution in [1.29, 1.82) is 0 Å². The van der Waals surface area contributed by atoms with Gasteiger partial charge in [0.25, 0.3) is 0 Å². The van der Waals surface area contributed by atoms with Gasteiger partial charge in [0, 0.05) is 12.8 Å². The van der Waals surface area contributed by atoms with E-state index in [9.17, 15) is 0 Å². The van der Waals surface area contributed by atoms with Crippen LogP contribution in [0.25, 0.3) is 0 Å². The van der Waals surface area contributed by atoms with E-state index in [0.29, 0.717) is 0 Å². The zero-order chi connectivity index (χ0) is 6.95. The van der Waals surface area contributed by atoms with Gasteiger partial charge < -0.3 is 0 Å². The van der Waals surface area contributed by atoms with E-state index < -0.39 is 0 Å². The molecule has 0 saturated heterocycles. The molecule has 0 radical (unpaired) electrons. The molecule has 52 valence electrons. The average Bonchev–Trinajstić information content (AvgIpc) is 1.89. The van der Waals surface area contributed by atoms with Crippen LogP contribution in [0.3, 0.4) is 0 Å². The summed E-state index contributed by atoms with van der Waals surface area (Å²) in [5.41, 5.74) is 0. The Morgan fingerprint density at radius 1 is 1.33 bits per heavy atom. The second-order valence-electron chi connectivity index (χ2n) is 1.89. The number of nitrogens with zero attached hydrogens (tertiary/aromatic N) is 1. The van der Waals surface area contributed by atoms with E-state index >= 15 is 0 Å². The summed E-state index contributed by atoms with van der Waals surface area (Å²) in [5, 5.41) is 0. The van der Waals surface area contributed by atoms with Gasteiger partial charge in [-0.25, -0.2) is 0 Å². The minimum absolute atomic E-state index is 0.952. The van der Waals surface area contributed by atoms with E-state index in [1.807, 2.05) is 12.3 Å². The molecular weight excluding hydrogens is 110 g/mol. The van der Waals surface area contributed by atoms with Crippen molar-refractivity contribution < 1.29 is 0 Å². The highest BCUT2D eigenvalue weighted by atomic mass is 14.7. The molecule has 9 heavy (non-hydrogen) atoms. The van der Waals surface area contributed by atoms with Crippen LogP contribution in [0.5, 0.6) is 0 Å². The van der Waals surface area contributed by atoms with Crippen molar-refractivity contribution in [2.75, 3.05) is 6.54 Å². The number of allylic oxidation sites excluding steroid dienone is 2. The number of hydrogen-bond acceptors (Lipinski definition) is 1. The average molecular weight is 125 g/mol. The summed E-state index contributed by atoms with van der Waals surface area (Å²) in [7, 11) is 0. The predicted octanol–water partition coefficient (Wildman–Crippen LogP) is 2.43. The third-order valence-electron chi connectivity index (χ3n) is 0.916. The Hall–Kier alpha value is -0.590. The third-order valence-corrected chi connectivity index (χ3v) is 0.916. The lowest BCUT2D eigenvalue weighted by Crippen LogP contribution is -1.73. The van der Waals surface area contributed by atoms with Crippen molar-refractivity contribution in [2.24, 2.45) is 4.99 Å². The lowest BCUT2D eigenvalue weighted by atomic mass is 10.4. The van der Waals surface area contributed by atoms with Crippen LogP contribution in [0.4, 0.5) is 0 Å². The molecule has 0 amide bonds. The van der Waals surface area contributed by atoms with E-state index in [1.165, 1.54) is 0 Å². The Kier molecular flexibility index (Phi) is 6.92. The summed E-state index contributed by atoms with van der Waals surface area (Å²) in [5.74, 6) is 0. The maximum atomic E-state index is 4.12. The molecule has 1 nitrogen and oxygen atoms in total. The predicted molar refractivity (Wildman–Crippen MR) is 43.1 cm³/mol. The van der Waals surface area contributed by atoms with Crippen LogP contribution in [-0.4, -0.2) is 12.8 Å². The van der Waals surface area contributed by atoms with Crippen LogP contribution < -0.4 is 0 Å². The van der Waals surface area contributed by atoms with Crippen molar-refractivity contribution >= 4 is 6.21 Å². The second kappa shape index (κ2) is 7.41. The molecule has 1 heteroatoms. The summed E-state index contributed by atoms with van der Waals surface area (Å²) in [6, 6.07) is 0. The molecule has 0 aromatic rings. The molecule has 0 aromatic heterocycles. The highest BCUT2D eigenvalue weighted by Crippen LogP contribution is 1.78. The molecule has 0 atom stereocenters. The van der Waals surface area contributed by atoms with Gasteiger partial charge in [-0.3, -0.25) is 4.99 Å². The Bertz CT molecular complexity index is 92.7. The molecule has 0 aliphatic rings. The van der Waals surface area contributed by atoms with Crippen molar-refractivity contribution in [1.82, 2.24) is 0 Å². The molecule has 0 aromatic carbocycles. The van der Waals surface area contributed by atoms with Gasteiger partial charge in [0.1, 0.15) is 0 Å². The highest BCUT2D eigenvalue weighted by Gasteiger charge is 1.68. The van der Waals surface area contributed by atoms with Gasteiger partial charge >= 0.3 is 0 Å². The fourth-order valence-corrected chi connectivity index (χ4v) is 0.461. The molecular formula is C8H15N.